The summed E-state index contributed by atoms with van der Waals surface area (Å²) in [6.07, 6.45) is 1.63. The molecule has 0 aliphatic rings. The zero-order valence-corrected chi connectivity index (χ0v) is 22.1. The van der Waals surface area contributed by atoms with Gasteiger partial charge in [-0.25, -0.2) is 0 Å². The predicted molar refractivity (Wildman–Crippen MR) is 138 cm³/mol. The van der Waals surface area contributed by atoms with Crippen molar-refractivity contribution in [2.45, 2.75) is 32.6 Å². The molecule has 6 N–H and O–H groups in total. The smallest absolute Gasteiger partial charge is 0.221 e. The van der Waals surface area contributed by atoms with E-state index in [1.807, 2.05) is 6.92 Å². The van der Waals surface area contributed by atoms with E-state index < -0.39 is 0 Å². The van der Waals surface area contributed by atoms with Crippen molar-refractivity contribution in [2.24, 2.45) is 0 Å². The summed E-state index contributed by atoms with van der Waals surface area (Å²) in [5.41, 5.74) is 0. The van der Waals surface area contributed by atoms with Crippen molar-refractivity contribution >= 4 is 23.6 Å². The van der Waals surface area contributed by atoms with E-state index in [1.54, 1.807) is 21.1 Å². The summed E-state index contributed by atoms with van der Waals surface area (Å²) in [5.74, 6) is -0.0101. The Kier molecular flexibility index (Phi) is 20.8. The lowest BCUT2D eigenvalue weighted by atomic mass is 10.3. The third kappa shape index (κ3) is 19.7. The molecule has 0 fully saturated rings. The Balaban J connectivity index is 4.19. The van der Waals surface area contributed by atoms with E-state index >= 15 is 0 Å². The monoisotopic (exact) mass is 500 g/mol. The summed E-state index contributed by atoms with van der Waals surface area (Å²) in [4.78, 5) is 50.7. The van der Waals surface area contributed by atoms with Crippen LogP contribution in [0.5, 0.6) is 0 Å². The molecule has 12 nitrogen and oxygen atoms in total. The highest BCUT2D eigenvalue weighted by molar-refractivity contribution is 5.77. The van der Waals surface area contributed by atoms with Crippen molar-refractivity contribution in [1.29, 1.82) is 0 Å². The van der Waals surface area contributed by atoms with Crippen LogP contribution in [0.4, 0.5) is 0 Å². The number of rotatable bonds is 22. The largest absolute Gasteiger partial charge is 0.359 e. The van der Waals surface area contributed by atoms with E-state index in [9.17, 15) is 19.2 Å². The predicted octanol–water partition coefficient (Wildman–Crippen LogP) is -2.30. The number of hydrogen-bond acceptors (Lipinski definition) is 8. The molecule has 0 aromatic carbocycles. The second-order valence-electron chi connectivity index (χ2n) is 8.16. The first-order valence-corrected chi connectivity index (χ1v) is 12.6. The van der Waals surface area contributed by atoms with Gasteiger partial charge in [0.05, 0.1) is 0 Å². The lowest BCUT2D eigenvalue weighted by Gasteiger charge is -2.22. The molecule has 0 aliphatic carbocycles. The first-order valence-electron chi connectivity index (χ1n) is 12.6. The molecule has 35 heavy (non-hydrogen) atoms. The molecule has 0 aliphatic heterocycles. The number of nitrogens with zero attached hydrogens (tertiary/aromatic N) is 2. The van der Waals surface area contributed by atoms with E-state index in [0.717, 1.165) is 39.3 Å². The lowest BCUT2D eigenvalue weighted by Crippen LogP contribution is -2.40. The quantitative estimate of drug-likeness (QED) is 0.0911. The first-order chi connectivity index (χ1) is 16.9. The van der Waals surface area contributed by atoms with Crippen LogP contribution in [0.1, 0.15) is 32.6 Å². The molecule has 204 valence electrons. The van der Waals surface area contributed by atoms with Gasteiger partial charge in [0.2, 0.25) is 23.6 Å². The zero-order valence-electron chi connectivity index (χ0n) is 22.1. The van der Waals surface area contributed by atoms with Crippen molar-refractivity contribution in [2.75, 3.05) is 93.1 Å². The maximum absolute atomic E-state index is 11.8. The highest BCUT2D eigenvalue weighted by atomic mass is 16.2. The summed E-state index contributed by atoms with van der Waals surface area (Å²) >= 11 is 0. The average Bonchev–Trinajstić information content (AvgIpc) is 2.86. The molecule has 0 bridgehead atoms. The molecule has 4 amide bonds. The van der Waals surface area contributed by atoms with Gasteiger partial charge in [0.1, 0.15) is 0 Å². The molecule has 0 saturated heterocycles. The number of amides is 4. The first kappa shape index (κ1) is 32.7. The molecule has 0 aromatic heterocycles. The topological polar surface area (TPSA) is 147 Å². The second kappa shape index (κ2) is 22.2. The minimum atomic E-state index is -0.0116. The molecule has 0 radical (unpaired) electrons. The van der Waals surface area contributed by atoms with Crippen LogP contribution in [0.15, 0.2) is 0 Å². The van der Waals surface area contributed by atoms with E-state index in [4.69, 9.17) is 0 Å². The Labute approximate surface area is 210 Å². The van der Waals surface area contributed by atoms with Crippen LogP contribution in [-0.4, -0.2) is 127 Å². The van der Waals surface area contributed by atoms with Gasteiger partial charge in [-0.3, -0.25) is 19.2 Å². The fraction of sp³-hybridized carbons (Fsp3) is 0.826. The number of carbonyl (C=O) groups is 4. The molecular weight excluding hydrogens is 452 g/mol. The van der Waals surface area contributed by atoms with Crippen LogP contribution in [0.2, 0.25) is 0 Å². The third-order valence-corrected chi connectivity index (χ3v) is 5.52. The highest BCUT2D eigenvalue weighted by Crippen LogP contribution is 1.96. The standard InChI is InChI=1S/C23H48N8O4/c1-5-29-23(35)9-17-31(16-8-22(34)26-4)19-13-28-11-10-27-12-18-30(14-6-20(32)24-2)15-7-21(33)25-3/h27-28H,5-19H2,1-4H3,(H,24,32)(H,25,33)(H,26,34)(H,29,35). The number of nitrogens with one attached hydrogen (secondary N) is 6. The van der Waals surface area contributed by atoms with Gasteiger partial charge < -0.3 is 41.7 Å². The summed E-state index contributed by atoms with van der Waals surface area (Å²) in [5, 5.41) is 17.5. The zero-order chi connectivity index (χ0) is 26.3. The second-order valence-corrected chi connectivity index (χ2v) is 8.16. The number of carbonyl (C=O) groups excluding carboxylic acids is 4. The Morgan fingerprint density at radius 2 is 0.857 bits per heavy atom. The van der Waals surface area contributed by atoms with Crippen LogP contribution < -0.4 is 31.9 Å². The van der Waals surface area contributed by atoms with E-state index in [0.29, 0.717) is 58.4 Å². The molecule has 0 heterocycles. The van der Waals surface area contributed by atoms with Gasteiger partial charge in [0.25, 0.3) is 0 Å². The molecule has 0 saturated carbocycles. The molecule has 0 atom stereocenters. The maximum atomic E-state index is 11.8. The molecular formula is C23H48N8O4. The molecule has 0 spiro atoms. The highest BCUT2D eigenvalue weighted by Gasteiger charge is 2.11. The minimum Gasteiger partial charge on any atom is -0.359 e. The molecule has 0 rings (SSSR count). The van der Waals surface area contributed by atoms with Gasteiger partial charge in [-0.15, -0.1) is 0 Å². The van der Waals surface area contributed by atoms with Crippen LogP contribution in [0.3, 0.4) is 0 Å². The van der Waals surface area contributed by atoms with Crippen molar-refractivity contribution in [3.05, 3.63) is 0 Å². The van der Waals surface area contributed by atoms with Crippen molar-refractivity contribution in [3.63, 3.8) is 0 Å². The van der Waals surface area contributed by atoms with Crippen LogP contribution in [0.25, 0.3) is 0 Å². The fourth-order valence-electron chi connectivity index (χ4n) is 3.27. The van der Waals surface area contributed by atoms with Gasteiger partial charge in [0, 0.05) is 119 Å². The maximum Gasteiger partial charge on any atom is 0.221 e. The Hall–Kier alpha value is -2.28. The van der Waals surface area contributed by atoms with Crippen LogP contribution in [-0.2, 0) is 19.2 Å². The van der Waals surface area contributed by atoms with Gasteiger partial charge in [-0.2, -0.15) is 0 Å². The summed E-state index contributed by atoms with van der Waals surface area (Å²) < 4.78 is 0. The molecule has 0 unspecified atom stereocenters. The van der Waals surface area contributed by atoms with Crippen LogP contribution >= 0.6 is 0 Å². The van der Waals surface area contributed by atoms with Crippen molar-refractivity contribution in [3.8, 4) is 0 Å². The summed E-state index contributed by atoms with van der Waals surface area (Å²) in [6.45, 7) is 9.56. The van der Waals surface area contributed by atoms with E-state index in [1.165, 1.54) is 0 Å². The third-order valence-electron chi connectivity index (χ3n) is 5.52. The Bertz CT molecular complexity index is 586. The summed E-state index contributed by atoms with van der Waals surface area (Å²) in [6, 6.07) is 0. The van der Waals surface area contributed by atoms with Gasteiger partial charge in [-0.1, -0.05) is 0 Å². The Morgan fingerprint density at radius 3 is 1.17 bits per heavy atom. The van der Waals surface area contributed by atoms with E-state index in [2.05, 4.69) is 41.7 Å². The Morgan fingerprint density at radius 1 is 0.514 bits per heavy atom. The minimum absolute atomic E-state index is 0.00939. The average molecular weight is 501 g/mol. The van der Waals surface area contributed by atoms with Gasteiger partial charge in [-0.05, 0) is 6.92 Å². The molecule has 0 aromatic rings. The molecule has 12 heteroatoms. The SMILES string of the molecule is CCNC(=O)CCN(CCNCCNCCN(CCC(=O)NC)CCC(=O)NC)CCC(=O)NC. The van der Waals surface area contributed by atoms with Crippen LogP contribution in [0, 0.1) is 0 Å². The fourth-order valence-corrected chi connectivity index (χ4v) is 3.27. The normalized spacial score (nSPS) is 10.9. The van der Waals surface area contributed by atoms with E-state index in [-0.39, 0.29) is 23.6 Å². The lowest BCUT2D eigenvalue weighted by molar-refractivity contribution is -0.122. The summed E-state index contributed by atoms with van der Waals surface area (Å²) in [7, 11) is 4.87. The van der Waals surface area contributed by atoms with Crippen molar-refractivity contribution in [1.82, 2.24) is 41.7 Å². The van der Waals surface area contributed by atoms with Crippen molar-refractivity contribution < 1.29 is 19.2 Å². The van der Waals surface area contributed by atoms with Gasteiger partial charge in [0.15, 0.2) is 0 Å². The number of hydrogen-bond donors (Lipinski definition) is 6. The van der Waals surface area contributed by atoms with Gasteiger partial charge >= 0.3 is 0 Å².